The molecule has 0 spiro atoms. The highest BCUT2D eigenvalue weighted by molar-refractivity contribution is 6.04. The molecule has 2 aromatic carbocycles. The molecule has 0 saturated carbocycles. The van der Waals surface area contributed by atoms with E-state index in [0.717, 1.165) is 25.7 Å². The van der Waals surface area contributed by atoms with E-state index in [4.69, 9.17) is 18.9 Å². The molecule has 0 bridgehead atoms. The van der Waals surface area contributed by atoms with Crippen LogP contribution in [0.15, 0.2) is 42.5 Å². The number of rotatable bonds is 10. The molecule has 0 heterocycles. The average molecular weight is 386 g/mol. The Hall–Kier alpha value is -3.02. The zero-order chi connectivity index (χ0) is 20.4. The Bertz CT molecular complexity index is 777. The number of unbranched alkanes of at least 4 members (excludes halogenated alkanes) is 3. The van der Waals surface area contributed by atoms with Crippen molar-refractivity contribution in [2.75, 3.05) is 20.8 Å². The molecule has 0 aliphatic heterocycles. The van der Waals surface area contributed by atoms with Crippen molar-refractivity contribution in [1.29, 1.82) is 0 Å². The van der Waals surface area contributed by atoms with Crippen molar-refractivity contribution in [3.63, 3.8) is 0 Å². The van der Waals surface area contributed by atoms with Crippen molar-refractivity contribution in [3.05, 3.63) is 53.6 Å². The van der Waals surface area contributed by atoms with Crippen molar-refractivity contribution in [1.82, 2.24) is 0 Å². The van der Waals surface area contributed by atoms with E-state index < -0.39 is 11.9 Å². The molecule has 0 aliphatic carbocycles. The van der Waals surface area contributed by atoms with Crippen LogP contribution in [-0.4, -0.2) is 32.8 Å². The van der Waals surface area contributed by atoms with Crippen molar-refractivity contribution in [2.45, 2.75) is 32.6 Å². The Morgan fingerprint density at radius 2 is 1.39 bits per heavy atom. The van der Waals surface area contributed by atoms with Gasteiger partial charge in [-0.15, -0.1) is 0 Å². The predicted molar refractivity (Wildman–Crippen MR) is 105 cm³/mol. The first-order valence-electron chi connectivity index (χ1n) is 9.31. The number of para-hydroxylation sites is 1. The second-order valence-corrected chi connectivity index (χ2v) is 6.12. The summed E-state index contributed by atoms with van der Waals surface area (Å²) in [6.07, 6.45) is 4.00. The van der Waals surface area contributed by atoms with Gasteiger partial charge >= 0.3 is 11.9 Å². The van der Waals surface area contributed by atoms with Crippen LogP contribution in [0.3, 0.4) is 0 Å². The largest absolute Gasteiger partial charge is 0.493 e. The number of hydrogen-bond donors (Lipinski definition) is 0. The SMILES string of the molecule is CCCCCCOC(=O)c1ccccc1C(=O)Oc1c(OC)cccc1OC. The first-order chi connectivity index (χ1) is 13.6. The standard InChI is InChI=1S/C22H26O6/c1-4-5-6-9-15-27-21(23)16-11-7-8-12-17(16)22(24)28-20-18(25-2)13-10-14-19(20)26-3/h7-8,10-14H,4-6,9,15H2,1-3H3. The summed E-state index contributed by atoms with van der Waals surface area (Å²) in [5.74, 6) is -0.384. The molecular formula is C22H26O6. The first-order valence-corrected chi connectivity index (χ1v) is 9.31. The van der Waals surface area contributed by atoms with Crippen molar-refractivity contribution in [2.24, 2.45) is 0 Å². The molecule has 0 unspecified atom stereocenters. The Morgan fingerprint density at radius 1 is 0.786 bits per heavy atom. The van der Waals surface area contributed by atoms with Crippen LogP contribution in [0.1, 0.15) is 53.3 Å². The molecule has 0 radical (unpaired) electrons. The first kappa shape index (κ1) is 21.3. The highest BCUT2D eigenvalue weighted by Gasteiger charge is 2.22. The fraction of sp³-hybridized carbons (Fsp3) is 0.364. The molecule has 0 fully saturated rings. The molecule has 6 heteroatoms. The van der Waals surface area contributed by atoms with Crippen LogP contribution in [0.25, 0.3) is 0 Å². The van der Waals surface area contributed by atoms with Gasteiger partial charge in [0.1, 0.15) is 0 Å². The number of methoxy groups -OCH3 is 2. The van der Waals surface area contributed by atoms with Crippen LogP contribution < -0.4 is 14.2 Å². The van der Waals surface area contributed by atoms with E-state index >= 15 is 0 Å². The van der Waals surface area contributed by atoms with Crippen LogP contribution in [0.2, 0.25) is 0 Å². The zero-order valence-corrected chi connectivity index (χ0v) is 16.5. The number of carbonyl (C=O) groups excluding carboxylic acids is 2. The number of esters is 2. The predicted octanol–water partition coefficient (Wildman–Crippen LogP) is 4.66. The molecule has 2 rings (SSSR count). The van der Waals surface area contributed by atoms with Gasteiger partial charge in [0.15, 0.2) is 11.5 Å². The molecular weight excluding hydrogens is 360 g/mol. The van der Waals surface area contributed by atoms with Gasteiger partial charge in [0.05, 0.1) is 32.0 Å². The summed E-state index contributed by atoms with van der Waals surface area (Å²) in [5, 5.41) is 0. The van der Waals surface area contributed by atoms with Gasteiger partial charge in [-0.3, -0.25) is 0 Å². The van der Waals surface area contributed by atoms with Crippen molar-refractivity contribution < 1.29 is 28.5 Å². The van der Waals surface area contributed by atoms with E-state index in [1.165, 1.54) is 20.3 Å². The summed E-state index contributed by atoms with van der Waals surface area (Å²) in [4.78, 5) is 25.2. The lowest BCUT2D eigenvalue weighted by Crippen LogP contribution is -2.16. The lowest BCUT2D eigenvalue weighted by atomic mass is 10.1. The molecule has 0 atom stereocenters. The fourth-order valence-corrected chi connectivity index (χ4v) is 2.68. The smallest absolute Gasteiger partial charge is 0.344 e. The second-order valence-electron chi connectivity index (χ2n) is 6.12. The fourth-order valence-electron chi connectivity index (χ4n) is 2.68. The van der Waals surface area contributed by atoms with Gasteiger partial charge in [-0.1, -0.05) is 44.4 Å². The van der Waals surface area contributed by atoms with Gasteiger partial charge in [-0.25, -0.2) is 9.59 Å². The summed E-state index contributed by atoms with van der Waals surface area (Å²) < 4.78 is 21.3. The maximum atomic E-state index is 12.7. The lowest BCUT2D eigenvalue weighted by Gasteiger charge is -2.14. The van der Waals surface area contributed by atoms with E-state index in [-0.39, 0.29) is 16.9 Å². The van der Waals surface area contributed by atoms with Gasteiger partial charge in [0.2, 0.25) is 5.75 Å². The molecule has 0 aliphatic rings. The number of ether oxygens (including phenoxy) is 4. The maximum absolute atomic E-state index is 12.7. The van der Waals surface area contributed by atoms with E-state index in [1.54, 1.807) is 36.4 Å². The zero-order valence-electron chi connectivity index (χ0n) is 16.5. The minimum absolute atomic E-state index is 0.119. The van der Waals surface area contributed by atoms with Crippen LogP contribution in [0.4, 0.5) is 0 Å². The Morgan fingerprint density at radius 3 is 1.96 bits per heavy atom. The van der Waals surface area contributed by atoms with Crippen LogP contribution >= 0.6 is 0 Å². The lowest BCUT2D eigenvalue weighted by molar-refractivity contribution is 0.0489. The third kappa shape index (κ3) is 5.49. The summed E-state index contributed by atoms with van der Waals surface area (Å²) in [6, 6.07) is 11.4. The molecule has 2 aromatic rings. The minimum Gasteiger partial charge on any atom is -0.493 e. The van der Waals surface area contributed by atoms with Crippen LogP contribution in [0.5, 0.6) is 17.2 Å². The Kier molecular flexibility index (Phi) is 8.34. The van der Waals surface area contributed by atoms with Crippen LogP contribution in [-0.2, 0) is 4.74 Å². The van der Waals surface area contributed by atoms with Gasteiger partial charge in [-0.2, -0.15) is 0 Å². The summed E-state index contributed by atoms with van der Waals surface area (Å²) >= 11 is 0. The van der Waals surface area contributed by atoms with Crippen LogP contribution in [0, 0.1) is 0 Å². The summed E-state index contributed by atoms with van der Waals surface area (Å²) in [7, 11) is 2.94. The molecule has 0 amide bonds. The second kappa shape index (κ2) is 11.0. The number of benzene rings is 2. The number of hydrogen-bond acceptors (Lipinski definition) is 6. The van der Waals surface area contributed by atoms with Gasteiger partial charge in [0, 0.05) is 0 Å². The molecule has 0 aromatic heterocycles. The van der Waals surface area contributed by atoms with Crippen molar-refractivity contribution >= 4 is 11.9 Å². The summed E-state index contributed by atoms with van der Waals surface area (Å²) in [5.41, 5.74) is 0.283. The normalized spacial score (nSPS) is 10.2. The van der Waals surface area contributed by atoms with E-state index in [0.29, 0.717) is 18.1 Å². The van der Waals surface area contributed by atoms with Crippen molar-refractivity contribution in [3.8, 4) is 17.2 Å². The topological polar surface area (TPSA) is 71.1 Å². The minimum atomic E-state index is -0.693. The van der Waals surface area contributed by atoms with E-state index in [2.05, 4.69) is 6.92 Å². The monoisotopic (exact) mass is 386 g/mol. The Labute approximate surface area is 165 Å². The average Bonchev–Trinajstić information content (AvgIpc) is 2.73. The van der Waals surface area contributed by atoms with Gasteiger partial charge in [0.25, 0.3) is 0 Å². The quantitative estimate of drug-likeness (QED) is 0.336. The molecule has 0 saturated heterocycles. The van der Waals surface area contributed by atoms with E-state index in [9.17, 15) is 9.59 Å². The summed E-state index contributed by atoms with van der Waals surface area (Å²) in [6.45, 7) is 2.44. The van der Waals surface area contributed by atoms with E-state index in [1.807, 2.05) is 0 Å². The number of carbonyl (C=O) groups is 2. The maximum Gasteiger partial charge on any atom is 0.344 e. The Balaban J connectivity index is 2.16. The highest BCUT2D eigenvalue weighted by atomic mass is 16.6. The highest BCUT2D eigenvalue weighted by Crippen LogP contribution is 2.37. The van der Waals surface area contributed by atoms with Gasteiger partial charge < -0.3 is 18.9 Å². The molecule has 0 N–H and O–H groups in total. The third-order valence-electron chi connectivity index (χ3n) is 4.18. The molecule has 28 heavy (non-hydrogen) atoms. The third-order valence-corrected chi connectivity index (χ3v) is 4.18. The molecule has 6 nitrogen and oxygen atoms in total. The van der Waals surface area contributed by atoms with Gasteiger partial charge in [-0.05, 0) is 30.7 Å². The molecule has 150 valence electrons.